The van der Waals surface area contributed by atoms with E-state index in [0.29, 0.717) is 12.8 Å². The lowest BCUT2D eigenvalue weighted by Crippen LogP contribution is -2.61. The molecule has 1 fully saturated rings. The highest BCUT2D eigenvalue weighted by molar-refractivity contribution is 5.80. The first-order valence-corrected chi connectivity index (χ1v) is 27.1. The number of esters is 1. The highest BCUT2D eigenvalue weighted by Gasteiger charge is 2.47. The van der Waals surface area contributed by atoms with E-state index >= 15 is 0 Å². The van der Waals surface area contributed by atoms with E-state index in [1.54, 1.807) is 6.08 Å². The minimum atomic E-state index is -1.62. The van der Waals surface area contributed by atoms with Gasteiger partial charge in [-0.1, -0.05) is 204 Å². The fraction of sp³-hybridized carbons (Fsp3) is 0.786. The van der Waals surface area contributed by atoms with E-state index in [4.69, 9.17) is 14.2 Å². The molecule has 1 aliphatic rings. The maximum Gasteiger partial charge on any atom is 0.306 e. The molecule has 0 aromatic rings. The molecule has 0 aromatic carbocycles. The normalized spacial score (nSPS) is 20.5. The summed E-state index contributed by atoms with van der Waals surface area (Å²) in [6, 6.07) is -1.03. The van der Waals surface area contributed by atoms with E-state index in [1.165, 1.54) is 83.5 Å². The molecule has 8 unspecified atom stereocenters. The summed E-state index contributed by atoms with van der Waals surface area (Å²) >= 11 is 0. The number of hydrogen-bond acceptors (Lipinski definition) is 10. The van der Waals surface area contributed by atoms with E-state index in [9.17, 15) is 35.1 Å². The summed E-state index contributed by atoms with van der Waals surface area (Å²) in [6.07, 6.45) is 42.7. The first-order valence-electron chi connectivity index (χ1n) is 27.1. The topological polar surface area (TPSA) is 175 Å². The Bertz CT molecular complexity index is 1320. The first-order chi connectivity index (χ1) is 32.7. The number of nitrogens with one attached hydrogen (secondary N) is 1. The SMILES string of the molecule is CC/C=C/C=C/C=C\CCCCCCCC(=O)OC1C(OCC(NC(=O)C(O)CCCCCCCC/C=C\CCCCCC)C(O)/C=C/CCCCCCCCCCC)OC(CO)C(O)C1O. The molecule has 0 radical (unpaired) electrons. The van der Waals surface area contributed by atoms with E-state index in [2.05, 4.69) is 56.5 Å². The molecule has 67 heavy (non-hydrogen) atoms. The Morgan fingerprint density at radius 1 is 0.597 bits per heavy atom. The van der Waals surface area contributed by atoms with Crippen molar-refractivity contribution in [3.8, 4) is 0 Å². The highest BCUT2D eigenvalue weighted by Crippen LogP contribution is 2.26. The molecule has 0 saturated carbocycles. The van der Waals surface area contributed by atoms with Crippen molar-refractivity contribution in [1.29, 1.82) is 0 Å². The van der Waals surface area contributed by atoms with Crippen molar-refractivity contribution in [1.82, 2.24) is 5.32 Å². The zero-order valence-electron chi connectivity index (χ0n) is 42.5. The van der Waals surface area contributed by atoms with Gasteiger partial charge in [0.1, 0.15) is 24.4 Å². The van der Waals surface area contributed by atoms with Crippen LogP contribution < -0.4 is 5.32 Å². The van der Waals surface area contributed by atoms with Crippen LogP contribution in [0.2, 0.25) is 0 Å². The summed E-state index contributed by atoms with van der Waals surface area (Å²) in [7, 11) is 0. The average molecular weight is 946 g/mol. The number of carbonyl (C=O) groups is 2. The minimum Gasteiger partial charge on any atom is -0.454 e. The van der Waals surface area contributed by atoms with Gasteiger partial charge in [0.25, 0.3) is 0 Å². The summed E-state index contributed by atoms with van der Waals surface area (Å²) in [5, 5.41) is 56.6. The molecule has 6 N–H and O–H groups in total. The van der Waals surface area contributed by atoms with Gasteiger partial charge in [-0.3, -0.25) is 9.59 Å². The molecule has 0 aromatic heterocycles. The summed E-state index contributed by atoms with van der Waals surface area (Å²) in [5.74, 6) is -1.22. The van der Waals surface area contributed by atoms with Gasteiger partial charge in [0.2, 0.25) is 5.91 Å². The summed E-state index contributed by atoms with van der Waals surface area (Å²) in [4.78, 5) is 26.4. The van der Waals surface area contributed by atoms with Crippen LogP contribution in [0.4, 0.5) is 0 Å². The lowest BCUT2D eigenvalue weighted by molar-refractivity contribution is -0.305. The van der Waals surface area contributed by atoms with E-state index in [-0.39, 0.29) is 19.4 Å². The Kier molecular flexibility index (Phi) is 41.5. The van der Waals surface area contributed by atoms with Crippen LogP contribution in [0.25, 0.3) is 0 Å². The Morgan fingerprint density at radius 3 is 1.66 bits per heavy atom. The molecule has 1 rings (SSSR count). The standard InChI is InChI=1S/C56H99NO10/c1-4-7-10-13-16-19-22-24-26-28-31-34-37-40-43-49(60)55(64)57-47(48(59)42-39-36-33-30-27-21-18-15-12-9-6-3)46-65-56-54(53(63)52(62)50(45-58)66-56)67-51(61)44-41-38-35-32-29-25-23-20-17-14-11-8-5-2/h8,11,14,17,19-20,22-23,39,42,47-50,52-54,56,58-60,62-63H,4-7,9-10,12-13,15-16,18,21,24-38,40-41,43-46H2,1-3H3,(H,57,64)/b11-8+,17-14+,22-19-,23-20-,42-39+. The van der Waals surface area contributed by atoms with Crippen molar-refractivity contribution >= 4 is 11.9 Å². The molecule has 388 valence electrons. The number of amides is 1. The number of hydrogen-bond donors (Lipinski definition) is 6. The molecule has 0 spiro atoms. The third-order valence-electron chi connectivity index (χ3n) is 12.5. The van der Waals surface area contributed by atoms with Crippen LogP contribution in [-0.2, 0) is 23.8 Å². The van der Waals surface area contributed by atoms with Gasteiger partial charge in [-0.25, -0.2) is 0 Å². The zero-order chi connectivity index (χ0) is 49.0. The number of aliphatic hydroxyl groups is 5. The third kappa shape index (κ3) is 33.5. The Hall–Kier alpha value is -2.64. The van der Waals surface area contributed by atoms with Gasteiger partial charge in [-0.15, -0.1) is 0 Å². The van der Waals surface area contributed by atoms with Gasteiger partial charge < -0.3 is 45.1 Å². The Morgan fingerprint density at radius 2 is 1.09 bits per heavy atom. The van der Waals surface area contributed by atoms with Gasteiger partial charge in [0.05, 0.1) is 25.4 Å². The third-order valence-corrected chi connectivity index (χ3v) is 12.5. The molecule has 0 aliphatic carbocycles. The van der Waals surface area contributed by atoms with E-state index in [1.807, 2.05) is 24.3 Å². The molecule has 11 heteroatoms. The van der Waals surface area contributed by atoms with Gasteiger partial charge in [0.15, 0.2) is 12.4 Å². The van der Waals surface area contributed by atoms with Crippen molar-refractivity contribution < 1.29 is 49.3 Å². The fourth-order valence-electron chi connectivity index (χ4n) is 8.11. The first kappa shape index (κ1) is 62.4. The zero-order valence-corrected chi connectivity index (χ0v) is 42.5. The Balaban J connectivity index is 2.77. The number of rotatable bonds is 44. The number of allylic oxidation sites excluding steroid dienone is 9. The van der Waals surface area contributed by atoms with Crippen molar-refractivity contribution in [2.75, 3.05) is 13.2 Å². The number of carbonyl (C=O) groups excluding carboxylic acids is 2. The lowest BCUT2D eigenvalue weighted by Gasteiger charge is -2.41. The molecule has 11 nitrogen and oxygen atoms in total. The predicted octanol–water partition coefficient (Wildman–Crippen LogP) is 11.5. The van der Waals surface area contributed by atoms with Crippen molar-refractivity contribution in [2.45, 2.75) is 269 Å². The average Bonchev–Trinajstić information content (AvgIpc) is 3.32. The van der Waals surface area contributed by atoms with Crippen LogP contribution in [0.3, 0.4) is 0 Å². The predicted molar refractivity (Wildman–Crippen MR) is 273 cm³/mol. The van der Waals surface area contributed by atoms with Crippen LogP contribution in [0, 0.1) is 0 Å². The van der Waals surface area contributed by atoms with Gasteiger partial charge in [0, 0.05) is 6.42 Å². The molecular formula is C56H99NO10. The van der Waals surface area contributed by atoms with Crippen LogP contribution in [0.1, 0.15) is 220 Å². The van der Waals surface area contributed by atoms with Crippen LogP contribution in [0.15, 0.2) is 60.8 Å². The number of unbranched alkanes of at least 4 members (excludes halogenated alkanes) is 24. The molecule has 8 atom stereocenters. The molecule has 1 saturated heterocycles. The molecule has 1 heterocycles. The highest BCUT2D eigenvalue weighted by atomic mass is 16.7. The quantitative estimate of drug-likeness (QED) is 0.0149. The van der Waals surface area contributed by atoms with Gasteiger partial charge in [-0.05, 0) is 70.6 Å². The van der Waals surface area contributed by atoms with Crippen LogP contribution in [-0.4, -0.2) is 99.6 Å². The van der Waals surface area contributed by atoms with Crippen molar-refractivity contribution in [2.24, 2.45) is 0 Å². The lowest BCUT2D eigenvalue weighted by atomic mass is 9.99. The second-order valence-electron chi connectivity index (χ2n) is 18.6. The van der Waals surface area contributed by atoms with Crippen molar-refractivity contribution in [3.05, 3.63) is 60.8 Å². The maximum atomic E-state index is 13.3. The maximum absolute atomic E-state index is 13.3. The molecule has 1 amide bonds. The minimum absolute atomic E-state index is 0.0986. The summed E-state index contributed by atoms with van der Waals surface area (Å²) in [6.45, 7) is 5.59. The molecule has 0 bridgehead atoms. The van der Waals surface area contributed by atoms with Crippen molar-refractivity contribution in [3.63, 3.8) is 0 Å². The monoisotopic (exact) mass is 946 g/mol. The number of ether oxygens (including phenoxy) is 3. The second kappa shape index (κ2) is 44.6. The largest absolute Gasteiger partial charge is 0.454 e. The second-order valence-corrected chi connectivity index (χ2v) is 18.6. The molecule has 1 aliphatic heterocycles. The molecular weight excluding hydrogens is 847 g/mol. The summed E-state index contributed by atoms with van der Waals surface area (Å²) < 4.78 is 17.5. The van der Waals surface area contributed by atoms with Gasteiger partial charge >= 0.3 is 5.97 Å². The van der Waals surface area contributed by atoms with E-state index in [0.717, 1.165) is 89.9 Å². The van der Waals surface area contributed by atoms with Gasteiger partial charge in [-0.2, -0.15) is 0 Å². The fourth-order valence-corrected chi connectivity index (χ4v) is 8.11. The van der Waals surface area contributed by atoms with Crippen LogP contribution >= 0.6 is 0 Å². The summed E-state index contributed by atoms with van der Waals surface area (Å²) in [5.41, 5.74) is 0. The van der Waals surface area contributed by atoms with E-state index < -0.39 is 67.4 Å². The smallest absolute Gasteiger partial charge is 0.306 e. The Labute approximate surface area is 408 Å². The van der Waals surface area contributed by atoms with Crippen LogP contribution in [0.5, 0.6) is 0 Å². The number of aliphatic hydroxyl groups excluding tert-OH is 5.